The Bertz CT molecular complexity index is 4120. The molecule has 344 valence electrons. The van der Waals surface area contributed by atoms with Gasteiger partial charge in [0.05, 0.1) is 17.1 Å². The number of hydrogen-bond donors (Lipinski definition) is 0. The van der Waals surface area contributed by atoms with Crippen molar-refractivity contribution in [2.75, 3.05) is 9.80 Å². The molecule has 3 heteroatoms. The maximum atomic E-state index is 17.9. The SMILES string of the molecule is Fc1cc(-c2ccccc2)cc(-c2ccccc2)c1N(c1ccc2c(c1)c1ccccc1c1c3ccc(N(c4ccccc4)c4ccccc4-c4ccccc4)cc3ccc21)c1ccccc1-c1ccccc1. The molecule has 0 N–H and O–H groups in total. The van der Waals surface area contributed by atoms with Crippen LogP contribution in [0.2, 0.25) is 0 Å². The Hall–Kier alpha value is -9.57. The summed E-state index contributed by atoms with van der Waals surface area (Å²) in [5.74, 6) is -0.313. The van der Waals surface area contributed by atoms with Crippen molar-refractivity contribution < 1.29 is 4.39 Å². The number of fused-ring (bicyclic) bond motifs is 8. The van der Waals surface area contributed by atoms with Gasteiger partial charge in [-0.05, 0) is 132 Å². The normalized spacial score (nSPS) is 11.4. The third-order valence-corrected chi connectivity index (χ3v) is 14.3. The summed E-state index contributed by atoms with van der Waals surface area (Å²) in [6, 6.07) is 99.7. The largest absolute Gasteiger partial charge is 0.310 e. The molecule has 0 unspecified atom stereocenters. The fourth-order valence-electron chi connectivity index (χ4n) is 11.0. The summed E-state index contributed by atoms with van der Waals surface area (Å²) in [6.45, 7) is 0. The monoisotopic (exact) mass is 934 g/mol. The molecule has 0 fully saturated rings. The van der Waals surface area contributed by atoms with Crippen molar-refractivity contribution in [2.45, 2.75) is 0 Å². The number of halogens is 1. The zero-order valence-electron chi connectivity index (χ0n) is 39.9. The molecule has 0 saturated carbocycles. The van der Waals surface area contributed by atoms with E-state index in [0.717, 1.165) is 99.7 Å². The molecular formula is C70H47FN2. The van der Waals surface area contributed by atoms with E-state index in [0.29, 0.717) is 5.69 Å². The van der Waals surface area contributed by atoms with Crippen molar-refractivity contribution >= 4 is 77.2 Å². The van der Waals surface area contributed by atoms with Crippen LogP contribution in [0.15, 0.2) is 285 Å². The Labute approximate surface area is 424 Å². The second-order valence-corrected chi connectivity index (χ2v) is 18.5. The topological polar surface area (TPSA) is 6.48 Å². The second kappa shape index (κ2) is 18.6. The third-order valence-electron chi connectivity index (χ3n) is 14.3. The van der Waals surface area contributed by atoms with Crippen molar-refractivity contribution in [3.63, 3.8) is 0 Å². The quantitative estimate of drug-likeness (QED) is 0.126. The molecule has 0 heterocycles. The van der Waals surface area contributed by atoms with Gasteiger partial charge in [0, 0.05) is 33.8 Å². The first-order valence-electron chi connectivity index (χ1n) is 24.9. The van der Waals surface area contributed by atoms with Crippen molar-refractivity contribution in [1.82, 2.24) is 0 Å². The van der Waals surface area contributed by atoms with Gasteiger partial charge in [-0.25, -0.2) is 4.39 Å². The number of hydrogen-bond acceptors (Lipinski definition) is 2. The Kier molecular flexibility index (Phi) is 11.1. The van der Waals surface area contributed by atoms with Gasteiger partial charge in [-0.1, -0.05) is 224 Å². The number of nitrogens with zero attached hydrogens (tertiary/aromatic N) is 2. The van der Waals surface area contributed by atoms with E-state index in [4.69, 9.17) is 0 Å². The highest BCUT2D eigenvalue weighted by Crippen LogP contribution is 2.50. The van der Waals surface area contributed by atoms with E-state index in [-0.39, 0.29) is 5.82 Å². The molecule has 0 radical (unpaired) electrons. The molecule has 0 aliphatic carbocycles. The summed E-state index contributed by atoms with van der Waals surface area (Å²) in [6.07, 6.45) is 0. The highest BCUT2D eigenvalue weighted by molar-refractivity contribution is 6.32. The number of anilines is 6. The molecule has 0 amide bonds. The van der Waals surface area contributed by atoms with E-state index >= 15 is 4.39 Å². The van der Waals surface area contributed by atoms with Gasteiger partial charge in [-0.15, -0.1) is 0 Å². The minimum absolute atomic E-state index is 0.313. The summed E-state index contributed by atoms with van der Waals surface area (Å²) in [7, 11) is 0. The summed E-state index contributed by atoms with van der Waals surface area (Å²) in [5.41, 5.74) is 13.3. The van der Waals surface area contributed by atoms with Crippen LogP contribution in [0.5, 0.6) is 0 Å². The van der Waals surface area contributed by atoms with Crippen LogP contribution in [-0.2, 0) is 0 Å². The lowest BCUT2D eigenvalue weighted by molar-refractivity contribution is 0.630. The molecule has 0 atom stereocenters. The van der Waals surface area contributed by atoms with Crippen LogP contribution in [0.1, 0.15) is 0 Å². The fraction of sp³-hybridized carbons (Fsp3) is 0. The van der Waals surface area contributed by atoms with Crippen LogP contribution in [0.4, 0.5) is 38.5 Å². The molecule has 0 saturated heterocycles. The number of para-hydroxylation sites is 3. The van der Waals surface area contributed by atoms with Crippen molar-refractivity contribution in [2.24, 2.45) is 0 Å². The van der Waals surface area contributed by atoms with Gasteiger partial charge in [0.25, 0.3) is 0 Å². The van der Waals surface area contributed by atoms with Gasteiger partial charge in [0.2, 0.25) is 0 Å². The Morgan fingerprint density at radius 3 is 1.30 bits per heavy atom. The van der Waals surface area contributed by atoms with Crippen LogP contribution in [0.3, 0.4) is 0 Å². The maximum absolute atomic E-state index is 17.9. The molecule has 0 spiro atoms. The Morgan fingerprint density at radius 1 is 0.247 bits per heavy atom. The van der Waals surface area contributed by atoms with Gasteiger partial charge < -0.3 is 9.80 Å². The van der Waals surface area contributed by atoms with Gasteiger partial charge in [0.1, 0.15) is 5.82 Å². The maximum Gasteiger partial charge on any atom is 0.148 e. The molecule has 13 aromatic carbocycles. The van der Waals surface area contributed by atoms with E-state index in [1.54, 1.807) is 6.07 Å². The van der Waals surface area contributed by atoms with E-state index in [1.807, 2.05) is 54.6 Å². The van der Waals surface area contributed by atoms with Crippen molar-refractivity contribution in [3.05, 3.63) is 291 Å². The summed E-state index contributed by atoms with van der Waals surface area (Å²) in [4.78, 5) is 4.51. The lowest BCUT2D eigenvalue weighted by Gasteiger charge is -2.31. The van der Waals surface area contributed by atoms with E-state index in [9.17, 15) is 0 Å². The van der Waals surface area contributed by atoms with Gasteiger partial charge >= 0.3 is 0 Å². The molecule has 13 aromatic rings. The standard InChI is InChI=1S/C70H47FN2/c71-66-46-53(48-22-6-1-7-23-48)45-64(51-28-12-4-13-29-51)70(66)73(68-37-21-19-33-58(68)50-26-10-3-11-27-50)56-40-43-61-63-41-38-52-44-55(39-42-59(52)69(63)62-35-17-16-34-60(62)65(61)47-56)72(54-30-14-5-15-31-54)67-36-20-18-32-57(67)49-24-8-2-9-25-49/h1-47H. The lowest BCUT2D eigenvalue weighted by Crippen LogP contribution is -2.14. The first-order valence-corrected chi connectivity index (χ1v) is 24.9. The third kappa shape index (κ3) is 7.85. The molecule has 73 heavy (non-hydrogen) atoms. The summed E-state index contributed by atoms with van der Waals surface area (Å²) in [5, 5.41) is 9.21. The average molecular weight is 935 g/mol. The van der Waals surface area contributed by atoms with Crippen LogP contribution in [0.25, 0.3) is 87.6 Å². The van der Waals surface area contributed by atoms with Crippen LogP contribution in [0, 0.1) is 5.82 Å². The zero-order chi connectivity index (χ0) is 48.7. The molecule has 0 aliphatic rings. The molecule has 0 aromatic heterocycles. The summed E-state index contributed by atoms with van der Waals surface area (Å²) < 4.78 is 17.9. The fourth-order valence-corrected chi connectivity index (χ4v) is 11.0. The van der Waals surface area contributed by atoms with Gasteiger partial charge in [-0.2, -0.15) is 0 Å². The van der Waals surface area contributed by atoms with Gasteiger partial charge in [-0.3, -0.25) is 0 Å². The average Bonchev–Trinajstić information content (AvgIpc) is 3.47. The zero-order valence-corrected chi connectivity index (χ0v) is 39.9. The predicted molar refractivity (Wildman–Crippen MR) is 308 cm³/mol. The predicted octanol–water partition coefficient (Wildman–Crippen LogP) is 20.0. The first-order chi connectivity index (χ1) is 36.2. The minimum Gasteiger partial charge on any atom is -0.310 e. The second-order valence-electron chi connectivity index (χ2n) is 18.5. The molecule has 2 nitrogen and oxygen atoms in total. The van der Waals surface area contributed by atoms with Crippen LogP contribution in [-0.4, -0.2) is 0 Å². The van der Waals surface area contributed by atoms with Gasteiger partial charge in [0.15, 0.2) is 0 Å². The van der Waals surface area contributed by atoms with Crippen LogP contribution >= 0.6 is 0 Å². The lowest BCUT2D eigenvalue weighted by atomic mass is 9.90. The molecule has 0 aliphatic heterocycles. The van der Waals surface area contributed by atoms with Crippen molar-refractivity contribution in [3.8, 4) is 44.5 Å². The molecular weight excluding hydrogens is 888 g/mol. The highest BCUT2D eigenvalue weighted by Gasteiger charge is 2.26. The van der Waals surface area contributed by atoms with Crippen LogP contribution < -0.4 is 9.80 Å². The number of rotatable bonds is 10. The minimum atomic E-state index is -0.313. The highest BCUT2D eigenvalue weighted by atomic mass is 19.1. The molecule has 0 bridgehead atoms. The smallest absolute Gasteiger partial charge is 0.148 e. The molecule has 13 rings (SSSR count). The van der Waals surface area contributed by atoms with E-state index in [2.05, 4.69) is 234 Å². The Balaban J connectivity index is 1.03. The first kappa shape index (κ1) is 43.5. The summed E-state index contributed by atoms with van der Waals surface area (Å²) >= 11 is 0. The number of benzene rings is 13. The van der Waals surface area contributed by atoms with E-state index in [1.165, 1.54) is 16.3 Å². The Morgan fingerprint density at radius 2 is 0.685 bits per heavy atom. The van der Waals surface area contributed by atoms with E-state index < -0.39 is 0 Å². The van der Waals surface area contributed by atoms with Crippen molar-refractivity contribution in [1.29, 1.82) is 0 Å².